The normalized spacial score (nSPS) is 24.1. The fourth-order valence-corrected chi connectivity index (χ4v) is 3.52. The van der Waals surface area contributed by atoms with E-state index in [4.69, 9.17) is 0 Å². The lowest BCUT2D eigenvalue weighted by atomic mass is 9.96. The molecule has 0 bridgehead atoms. The monoisotopic (exact) mass is 320 g/mol. The minimum Gasteiger partial charge on any atom is -0.334 e. The van der Waals surface area contributed by atoms with E-state index in [-0.39, 0.29) is 17.6 Å². The number of rotatable bonds is 2. The molecule has 7 heteroatoms. The van der Waals surface area contributed by atoms with E-state index in [9.17, 15) is 4.79 Å². The second-order valence-electron chi connectivity index (χ2n) is 7.68. The quantitative estimate of drug-likeness (QED) is 0.867. The first-order valence-corrected chi connectivity index (χ1v) is 8.59. The summed E-state index contributed by atoms with van der Waals surface area (Å²) in [6, 6.07) is 0.357. The van der Waals surface area contributed by atoms with Crippen molar-refractivity contribution in [2.45, 2.75) is 57.5 Å². The third-order valence-corrected chi connectivity index (χ3v) is 5.07. The Labute approximate surface area is 137 Å². The number of hydrogen-bond donors (Lipinski definition) is 2. The highest BCUT2D eigenvalue weighted by Crippen LogP contribution is 2.25. The summed E-state index contributed by atoms with van der Waals surface area (Å²) in [6.07, 6.45) is 4.48. The van der Waals surface area contributed by atoms with Crippen LogP contribution in [0, 0.1) is 0 Å². The standard InChI is InChI=1S/C16H28N6O/c1-16(2,3)22-9-6-13(10-22)19-15(23)21-7-4-12(5-8-21)14-17-11-18-20-14/h11-13H,4-10H2,1-3H3,(H,19,23)(H,17,18,20). The number of likely N-dealkylation sites (tertiary alicyclic amines) is 2. The van der Waals surface area contributed by atoms with Crippen molar-refractivity contribution in [3.8, 4) is 0 Å². The molecule has 0 radical (unpaired) electrons. The average molecular weight is 320 g/mol. The first-order valence-electron chi connectivity index (χ1n) is 8.59. The maximum Gasteiger partial charge on any atom is 0.317 e. The molecule has 128 valence electrons. The Kier molecular flexibility index (Phi) is 4.57. The average Bonchev–Trinajstić information content (AvgIpc) is 3.18. The Bertz CT molecular complexity index is 515. The molecule has 1 aromatic heterocycles. The Hall–Kier alpha value is -1.63. The summed E-state index contributed by atoms with van der Waals surface area (Å²) >= 11 is 0. The van der Waals surface area contributed by atoms with Crippen LogP contribution < -0.4 is 5.32 Å². The minimum atomic E-state index is 0.0850. The van der Waals surface area contributed by atoms with E-state index in [1.807, 2.05) is 4.90 Å². The van der Waals surface area contributed by atoms with Gasteiger partial charge in [-0.3, -0.25) is 10.00 Å². The molecule has 23 heavy (non-hydrogen) atoms. The molecule has 1 atom stereocenters. The molecule has 2 N–H and O–H groups in total. The van der Waals surface area contributed by atoms with Crippen LogP contribution in [0.15, 0.2) is 6.33 Å². The van der Waals surface area contributed by atoms with Crippen molar-refractivity contribution in [2.75, 3.05) is 26.2 Å². The molecule has 0 aliphatic carbocycles. The molecule has 0 aromatic carbocycles. The first-order chi connectivity index (χ1) is 10.9. The molecular formula is C16H28N6O. The number of urea groups is 1. The van der Waals surface area contributed by atoms with Gasteiger partial charge in [-0.25, -0.2) is 9.78 Å². The highest BCUT2D eigenvalue weighted by atomic mass is 16.2. The highest BCUT2D eigenvalue weighted by molar-refractivity contribution is 5.74. The van der Waals surface area contributed by atoms with Gasteiger partial charge in [0.25, 0.3) is 0 Å². The first kappa shape index (κ1) is 16.2. The Balaban J connectivity index is 1.45. The fourth-order valence-electron chi connectivity index (χ4n) is 3.52. The smallest absolute Gasteiger partial charge is 0.317 e. The van der Waals surface area contributed by atoms with Gasteiger partial charge in [0, 0.05) is 43.7 Å². The van der Waals surface area contributed by atoms with Crippen molar-refractivity contribution >= 4 is 6.03 Å². The third kappa shape index (κ3) is 3.83. The molecule has 7 nitrogen and oxygen atoms in total. The number of piperidine rings is 1. The number of amides is 2. The predicted octanol–water partition coefficient (Wildman–Crippen LogP) is 1.57. The van der Waals surface area contributed by atoms with E-state index in [2.05, 4.69) is 46.2 Å². The van der Waals surface area contributed by atoms with E-state index in [0.717, 1.165) is 51.3 Å². The van der Waals surface area contributed by atoms with Crippen molar-refractivity contribution in [1.29, 1.82) is 0 Å². The summed E-state index contributed by atoms with van der Waals surface area (Å²) < 4.78 is 0. The van der Waals surface area contributed by atoms with Crippen LogP contribution in [-0.2, 0) is 0 Å². The molecule has 1 unspecified atom stereocenters. The van der Waals surface area contributed by atoms with Crippen LogP contribution in [0.5, 0.6) is 0 Å². The number of nitrogens with zero attached hydrogens (tertiary/aromatic N) is 4. The van der Waals surface area contributed by atoms with E-state index < -0.39 is 0 Å². The topological polar surface area (TPSA) is 77.2 Å². The van der Waals surface area contributed by atoms with E-state index in [1.165, 1.54) is 0 Å². The lowest BCUT2D eigenvalue weighted by Crippen LogP contribution is -2.49. The van der Waals surface area contributed by atoms with Gasteiger partial charge in [-0.1, -0.05) is 0 Å². The summed E-state index contributed by atoms with van der Waals surface area (Å²) in [5.41, 5.74) is 0.175. The molecule has 2 saturated heterocycles. The van der Waals surface area contributed by atoms with Crippen LogP contribution in [0.1, 0.15) is 51.8 Å². The van der Waals surface area contributed by atoms with Crippen LogP contribution in [0.3, 0.4) is 0 Å². The number of carbonyl (C=O) groups excluding carboxylic acids is 1. The minimum absolute atomic E-state index is 0.0850. The maximum atomic E-state index is 12.5. The van der Waals surface area contributed by atoms with Gasteiger partial charge < -0.3 is 10.2 Å². The largest absolute Gasteiger partial charge is 0.334 e. The lowest BCUT2D eigenvalue weighted by Gasteiger charge is -2.33. The van der Waals surface area contributed by atoms with Crippen LogP contribution >= 0.6 is 0 Å². The summed E-state index contributed by atoms with van der Waals surface area (Å²) in [5, 5.41) is 10.1. The van der Waals surface area contributed by atoms with Gasteiger partial charge in [-0.15, -0.1) is 0 Å². The Morgan fingerprint density at radius 2 is 2.00 bits per heavy atom. The van der Waals surface area contributed by atoms with Gasteiger partial charge in [0.1, 0.15) is 12.2 Å². The molecule has 2 fully saturated rings. The van der Waals surface area contributed by atoms with Gasteiger partial charge >= 0.3 is 6.03 Å². The van der Waals surface area contributed by atoms with Crippen LogP contribution in [0.2, 0.25) is 0 Å². The molecule has 2 aliphatic rings. The SMILES string of the molecule is CC(C)(C)N1CCC(NC(=O)N2CCC(c3ncn[nH]3)CC2)C1. The Morgan fingerprint density at radius 1 is 1.26 bits per heavy atom. The molecule has 2 aliphatic heterocycles. The van der Waals surface area contributed by atoms with Gasteiger partial charge in [0.05, 0.1) is 0 Å². The molecule has 3 heterocycles. The van der Waals surface area contributed by atoms with Crippen molar-refractivity contribution in [3.05, 3.63) is 12.2 Å². The van der Waals surface area contributed by atoms with Crippen molar-refractivity contribution in [1.82, 2.24) is 30.3 Å². The number of carbonyl (C=O) groups is 1. The zero-order chi connectivity index (χ0) is 16.4. The third-order valence-electron chi connectivity index (χ3n) is 5.07. The predicted molar refractivity (Wildman–Crippen MR) is 88.2 cm³/mol. The van der Waals surface area contributed by atoms with Gasteiger partial charge in [0.15, 0.2) is 0 Å². The van der Waals surface area contributed by atoms with E-state index in [0.29, 0.717) is 5.92 Å². The highest BCUT2D eigenvalue weighted by Gasteiger charge is 2.32. The van der Waals surface area contributed by atoms with Crippen molar-refractivity contribution in [3.63, 3.8) is 0 Å². The molecule has 0 spiro atoms. The zero-order valence-electron chi connectivity index (χ0n) is 14.4. The lowest BCUT2D eigenvalue weighted by molar-refractivity contribution is 0.162. The summed E-state index contributed by atoms with van der Waals surface area (Å²) in [5.74, 6) is 1.34. The second kappa shape index (κ2) is 6.47. The number of aromatic nitrogens is 3. The number of nitrogens with one attached hydrogen (secondary N) is 2. The number of aromatic amines is 1. The van der Waals surface area contributed by atoms with Crippen molar-refractivity contribution < 1.29 is 4.79 Å². The van der Waals surface area contributed by atoms with Crippen LogP contribution in [0.4, 0.5) is 4.79 Å². The second-order valence-corrected chi connectivity index (χ2v) is 7.68. The van der Waals surface area contributed by atoms with Gasteiger partial charge in [-0.05, 0) is 40.0 Å². The number of H-pyrrole nitrogens is 1. The van der Waals surface area contributed by atoms with E-state index >= 15 is 0 Å². The summed E-state index contributed by atoms with van der Waals surface area (Å²) in [4.78, 5) is 21.1. The zero-order valence-corrected chi connectivity index (χ0v) is 14.4. The van der Waals surface area contributed by atoms with E-state index in [1.54, 1.807) is 6.33 Å². The van der Waals surface area contributed by atoms with Crippen LogP contribution in [0.25, 0.3) is 0 Å². The molecule has 1 aromatic rings. The summed E-state index contributed by atoms with van der Waals surface area (Å²) in [6.45, 7) is 10.3. The maximum absolute atomic E-state index is 12.5. The molecule has 3 rings (SSSR count). The summed E-state index contributed by atoms with van der Waals surface area (Å²) in [7, 11) is 0. The molecular weight excluding hydrogens is 292 g/mol. The van der Waals surface area contributed by atoms with Crippen LogP contribution in [-0.4, -0.2) is 68.8 Å². The van der Waals surface area contributed by atoms with Gasteiger partial charge in [-0.2, -0.15) is 5.10 Å². The van der Waals surface area contributed by atoms with Crippen molar-refractivity contribution in [2.24, 2.45) is 0 Å². The van der Waals surface area contributed by atoms with Gasteiger partial charge in [0.2, 0.25) is 0 Å². The number of hydrogen-bond acceptors (Lipinski definition) is 4. The molecule has 0 saturated carbocycles. The fraction of sp³-hybridized carbons (Fsp3) is 0.812. The Morgan fingerprint density at radius 3 is 2.57 bits per heavy atom. The molecule has 2 amide bonds.